The van der Waals surface area contributed by atoms with Gasteiger partial charge in [0.05, 0.1) is 0 Å². The van der Waals surface area contributed by atoms with E-state index in [9.17, 15) is 19.2 Å². The third-order valence-corrected chi connectivity index (χ3v) is 5.28. The van der Waals surface area contributed by atoms with Crippen molar-refractivity contribution in [2.75, 3.05) is 26.0 Å². The molecule has 2 aromatic rings. The van der Waals surface area contributed by atoms with Crippen LogP contribution in [0.4, 0.5) is 5.82 Å². The maximum atomic E-state index is 12.6. The van der Waals surface area contributed by atoms with E-state index >= 15 is 0 Å². The van der Waals surface area contributed by atoms with Gasteiger partial charge in [-0.3, -0.25) is 24.6 Å². The number of alkyl halides is 1. The van der Waals surface area contributed by atoms with Crippen molar-refractivity contribution in [3.8, 4) is 0 Å². The summed E-state index contributed by atoms with van der Waals surface area (Å²) >= 11 is 2.18. The molecule has 0 spiro atoms. The Balaban J connectivity index is 2.01. The number of amides is 4. The van der Waals surface area contributed by atoms with Gasteiger partial charge in [-0.2, -0.15) is 0 Å². The van der Waals surface area contributed by atoms with E-state index in [1.807, 2.05) is 0 Å². The van der Waals surface area contributed by atoms with Gasteiger partial charge >= 0.3 is 11.8 Å². The Hall–Kier alpha value is -3.55. The molecule has 0 fully saturated rings. The Labute approximate surface area is 204 Å². The van der Waals surface area contributed by atoms with Gasteiger partial charge in [0.2, 0.25) is 5.91 Å². The Morgan fingerprint density at radius 2 is 1.70 bits per heavy atom. The van der Waals surface area contributed by atoms with E-state index in [4.69, 9.17) is 11.1 Å². The highest BCUT2D eigenvalue weighted by molar-refractivity contribution is 14.1. The number of aromatic nitrogens is 1. The molecule has 0 aliphatic heterocycles. The van der Waals surface area contributed by atoms with Crippen LogP contribution in [-0.2, 0) is 18.8 Å². The summed E-state index contributed by atoms with van der Waals surface area (Å²) in [7, 11) is 3.01. The number of halogens is 1. The highest BCUT2D eigenvalue weighted by atomic mass is 127. The maximum Gasteiger partial charge on any atom is 0.314 e. The molecule has 2 rings (SSSR count). The first-order valence-electron chi connectivity index (χ1n) is 9.69. The Morgan fingerprint density at radius 1 is 1.06 bits per heavy atom. The molecule has 174 valence electrons. The number of rotatable bonds is 8. The minimum Gasteiger partial charge on any atom is -0.384 e. The number of carbonyl (C=O) groups is 4. The molecule has 1 aromatic heterocycles. The zero-order valence-corrected chi connectivity index (χ0v) is 20.2. The molecule has 0 radical (unpaired) electrons. The molecule has 0 aliphatic carbocycles. The molecule has 12 heteroatoms. The fraction of sp³-hybridized carbons (Fsp3) is 0.238. The zero-order chi connectivity index (χ0) is 24.5. The number of hydrogen-bond acceptors (Lipinski definition) is 6. The fourth-order valence-electron chi connectivity index (χ4n) is 2.58. The summed E-state index contributed by atoms with van der Waals surface area (Å²) in [6, 6.07) is 8.18. The summed E-state index contributed by atoms with van der Waals surface area (Å²) in [5.74, 6) is -2.89. The Kier molecular flexibility index (Phi) is 9.27. The molecule has 0 aliphatic rings. The summed E-state index contributed by atoms with van der Waals surface area (Å²) < 4.78 is 0.757. The van der Waals surface area contributed by atoms with E-state index in [0.717, 1.165) is 9.99 Å². The topological polar surface area (TPSA) is 170 Å². The first-order chi connectivity index (χ1) is 15.6. The lowest BCUT2D eigenvalue weighted by Crippen LogP contribution is -2.53. The van der Waals surface area contributed by atoms with E-state index in [1.54, 1.807) is 18.3 Å². The second kappa shape index (κ2) is 11.9. The van der Waals surface area contributed by atoms with Crippen LogP contribution in [0.15, 0.2) is 42.6 Å². The molecule has 0 bridgehead atoms. The minimum absolute atomic E-state index is 0.139. The SMILES string of the molecule is CN(C)C(=O)C(CNC(=O)C(=O)Nc1ccc(CI)cn1)NC(=O)c1ccc(C(=N)N)cc1. The number of nitrogens with two attached hydrogens (primary N) is 1. The first-order valence-corrected chi connectivity index (χ1v) is 11.2. The van der Waals surface area contributed by atoms with Gasteiger partial charge in [0.15, 0.2) is 0 Å². The van der Waals surface area contributed by atoms with Gasteiger partial charge in [-0.15, -0.1) is 0 Å². The van der Waals surface area contributed by atoms with E-state index in [0.29, 0.717) is 5.56 Å². The average molecular weight is 565 g/mol. The molecule has 1 heterocycles. The number of amidine groups is 1. The number of nitrogen functional groups attached to an aromatic ring is 1. The molecule has 11 nitrogen and oxygen atoms in total. The number of likely N-dealkylation sites (N-methyl/N-ethyl adjacent to an activating group) is 1. The molecule has 0 saturated heterocycles. The summed E-state index contributed by atoms with van der Waals surface area (Å²) in [6.45, 7) is -0.304. The van der Waals surface area contributed by atoms with E-state index in [-0.39, 0.29) is 23.8 Å². The first kappa shape index (κ1) is 25.7. The van der Waals surface area contributed by atoms with Crippen LogP contribution in [0.25, 0.3) is 0 Å². The van der Waals surface area contributed by atoms with Crippen LogP contribution in [0.3, 0.4) is 0 Å². The van der Waals surface area contributed by atoms with Gasteiger partial charge in [0.25, 0.3) is 5.91 Å². The normalized spacial score (nSPS) is 11.1. The van der Waals surface area contributed by atoms with Crippen LogP contribution in [0.1, 0.15) is 21.5 Å². The van der Waals surface area contributed by atoms with E-state index < -0.39 is 29.7 Å². The predicted octanol–water partition coefficient (Wildman–Crippen LogP) is 0.242. The van der Waals surface area contributed by atoms with Crippen molar-refractivity contribution in [2.45, 2.75) is 10.5 Å². The number of nitrogens with zero attached hydrogens (tertiary/aromatic N) is 2. The second-order valence-electron chi connectivity index (χ2n) is 7.10. The lowest BCUT2D eigenvalue weighted by molar-refractivity contribution is -0.136. The number of benzene rings is 1. The van der Waals surface area contributed by atoms with Crippen molar-refractivity contribution < 1.29 is 19.2 Å². The summed E-state index contributed by atoms with van der Waals surface area (Å²) in [5.41, 5.74) is 7.06. The van der Waals surface area contributed by atoms with Crippen LogP contribution in [0, 0.1) is 5.41 Å². The molecular formula is C21H24IN7O4. The van der Waals surface area contributed by atoms with Gasteiger partial charge in [0, 0.05) is 42.4 Å². The van der Waals surface area contributed by atoms with Gasteiger partial charge < -0.3 is 26.6 Å². The minimum atomic E-state index is -1.11. The summed E-state index contributed by atoms with van der Waals surface area (Å²) in [4.78, 5) is 54.7. The van der Waals surface area contributed by atoms with Crippen molar-refractivity contribution >= 4 is 57.9 Å². The van der Waals surface area contributed by atoms with Crippen molar-refractivity contribution in [1.82, 2.24) is 20.5 Å². The Morgan fingerprint density at radius 3 is 2.21 bits per heavy atom. The van der Waals surface area contributed by atoms with Crippen LogP contribution >= 0.6 is 22.6 Å². The third kappa shape index (κ3) is 7.52. The molecule has 6 N–H and O–H groups in total. The summed E-state index contributed by atoms with van der Waals surface area (Å²) in [6.07, 6.45) is 1.59. The standard InChI is InChI=1S/C21H24IN7O4/c1-29(2)21(33)15(27-18(30)14-6-4-13(5-7-14)17(23)24)11-26-19(31)20(32)28-16-8-3-12(9-22)10-25-16/h3-8,10,15H,9,11H2,1-2H3,(H3,23,24)(H,26,31)(H,27,30)(H,25,28,32). The monoisotopic (exact) mass is 565 g/mol. The van der Waals surface area contributed by atoms with Crippen molar-refractivity contribution in [3.05, 3.63) is 59.3 Å². The quantitative estimate of drug-likeness (QED) is 0.101. The maximum absolute atomic E-state index is 12.6. The number of anilines is 1. The number of carbonyl (C=O) groups excluding carboxylic acids is 4. The van der Waals surface area contributed by atoms with Gasteiger partial charge in [-0.05, 0) is 23.8 Å². The van der Waals surface area contributed by atoms with Crippen LogP contribution in [0.2, 0.25) is 0 Å². The molecule has 33 heavy (non-hydrogen) atoms. The van der Waals surface area contributed by atoms with Crippen LogP contribution in [-0.4, -0.2) is 66.0 Å². The van der Waals surface area contributed by atoms with Crippen molar-refractivity contribution in [2.24, 2.45) is 5.73 Å². The smallest absolute Gasteiger partial charge is 0.314 e. The van der Waals surface area contributed by atoms with Crippen LogP contribution < -0.4 is 21.7 Å². The molecule has 1 aromatic carbocycles. The molecule has 1 atom stereocenters. The highest BCUT2D eigenvalue weighted by Gasteiger charge is 2.25. The van der Waals surface area contributed by atoms with Crippen molar-refractivity contribution in [1.29, 1.82) is 5.41 Å². The zero-order valence-electron chi connectivity index (χ0n) is 18.0. The number of hydrogen-bond donors (Lipinski definition) is 5. The summed E-state index contributed by atoms with van der Waals surface area (Å²) in [5, 5.41) is 14.7. The lowest BCUT2D eigenvalue weighted by atomic mass is 10.1. The Bertz CT molecular complexity index is 1040. The average Bonchev–Trinajstić information content (AvgIpc) is 2.81. The number of nitrogens with one attached hydrogen (secondary N) is 4. The van der Waals surface area contributed by atoms with Crippen molar-refractivity contribution in [3.63, 3.8) is 0 Å². The van der Waals surface area contributed by atoms with Gasteiger partial charge in [0.1, 0.15) is 17.7 Å². The fourth-order valence-corrected chi connectivity index (χ4v) is 3.03. The van der Waals surface area contributed by atoms with E-state index in [1.165, 1.54) is 43.3 Å². The second-order valence-corrected chi connectivity index (χ2v) is 7.86. The number of pyridine rings is 1. The molecule has 1 unspecified atom stereocenters. The molecule has 0 saturated carbocycles. The predicted molar refractivity (Wildman–Crippen MR) is 131 cm³/mol. The lowest BCUT2D eigenvalue weighted by Gasteiger charge is -2.22. The largest absolute Gasteiger partial charge is 0.384 e. The van der Waals surface area contributed by atoms with Gasteiger partial charge in [-0.25, -0.2) is 4.98 Å². The molecular weight excluding hydrogens is 541 g/mol. The van der Waals surface area contributed by atoms with E-state index in [2.05, 4.69) is 43.5 Å². The highest BCUT2D eigenvalue weighted by Crippen LogP contribution is 2.08. The third-order valence-electron chi connectivity index (χ3n) is 4.40. The van der Waals surface area contributed by atoms with Crippen LogP contribution in [0.5, 0.6) is 0 Å². The molecule has 4 amide bonds. The van der Waals surface area contributed by atoms with Gasteiger partial charge in [-0.1, -0.05) is 40.8 Å².